The number of benzene rings is 1. The minimum Gasteiger partial charge on any atom is -0.335 e. The Kier molecular flexibility index (Phi) is 4.46. The van der Waals surface area contributed by atoms with E-state index >= 15 is 0 Å². The van der Waals surface area contributed by atoms with Crippen LogP contribution in [0.2, 0.25) is 0 Å². The van der Waals surface area contributed by atoms with Gasteiger partial charge in [-0.25, -0.2) is 0 Å². The summed E-state index contributed by atoms with van der Waals surface area (Å²) in [6.45, 7) is 11.3. The van der Waals surface area contributed by atoms with Crippen LogP contribution >= 0.6 is 0 Å². The van der Waals surface area contributed by atoms with Crippen LogP contribution in [0.5, 0.6) is 0 Å². The van der Waals surface area contributed by atoms with Crippen molar-refractivity contribution in [3.05, 3.63) is 41.5 Å². The average Bonchev–Trinajstić information content (AvgIpc) is 2.86. The summed E-state index contributed by atoms with van der Waals surface area (Å²) in [5.41, 5.74) is 3.65. The number of rotatable bonds is 4. The molecule has 0 saturated heterocycles. The third kappa shape index (κ3) is 3.15. The quantitative estimate of drug-likeness (QED) is 0.798. The second-order valence-electron chi connectivity index (χ2n) is 5.54. The lowest BCUT2D eigenvalue weighted by molar-refractivity contribution is -0.116. The van der Waals surface area contributed by atoms with Crippen molar-refractivity contribution in [1.29, 1.82) is 0 Å². The van der Waals surface area contributed by atoms with Gasteiger partial charge in [0.2, 0.25) is 5.91 Å². The van der Waals surface area contributed by atoms with Gasteiger partial charge in [0, 0.05) is 37.8 Å². The molecule has 0 aliphatic carbocycles. The molecule has 1 aromatic carbocycles. The molecule has 0 aromatic heterocycles. The van der Waals surface area contributed by atoms with Crippen LogP contribution in [0.1, 0.15) is 36.7 Å². The third-order valence-electron chi connectivity index (χ3n) is 3.73. The Morgan fingerprint density at radius 1 is 1.33 bits per heavy atom. The van der Waals surface area contributed by atoms with Gasteiger partial charge in [-0.05, 0) is 44.0 Å². The smallest absolute Gasteiger partial charge is 0.254 e. The van der Waals surface area contributed by atoms with E-state index in [0.29, 0.717) is 25.2 Å². The molecular weight excluding hydrogens is 264 g/mol. The first-order chi connectivity index (χ1) is 9.93. The van der Waals surface area contributed by atoms with Gasteiger partial charge in [-0.3, -0.25) is 9.59 Å². The van der Waals surface area contributed by atoms with E-state index < -0.39 is 0 Å². The number of carbonyl (C=O) groups is 2. The Morgan fingerprint density at radius 2 is 2.05 bits per heavy atom. The highest BCUT2D eigenvalue weighted by Crippen LogP contribution is 2.29. The van der Waals surface area contributed by atoms with Gasteiger partial charge in [0.15, 0.2) is 0 Å². The van der Waals surface area contributed by atoms with E-state index in [1.807, 2.05) is 32.0 Å². The molecule has 1 heterocycles. The number of nitrogens with zero attached hydrogens (tertiary/aromatic N) is 2. The highest BCUT2D eigenvalue weighted by Gasteiger charge is 2.24. The number of fused-ring (bicyclic) bond motifs is 1. The van der Waals surface area contributed by atoms with Crippen molar-refractivity contribution >= 4 is 17.5 Å². The lowest BCUT2D eigenvalue weighted by Crippen LogP contribution is -2.32. The van der Waals surface area contributed by atoms with Crippen molar-refractivity contribution in [3.63, 3.8) is 0 Å². The van der Waals surface area contributed by atoms with Crippen LogP contribution in [0.25, 0.3) is 0 Å². The van der Waals surface area contributed by atoms with Crippen LogP contribution < -0.4 is 4.90 Å². The van der Waals surface area contributed by atoms with Gasteiger partial charge in [0.25, 0.3) is 5.91 Å². The molecule has 0 atom stereocenters. The molecule has 21 heavy (non-hydrogen) atoms. The molecule has 2 amide bonds. The molecule has 2 rings (SSSR count). The highest BCUT2D eigenvalue weighted by atomic mass is 16.2. The van der Waals surface area contributed by atoms with Crippen LogP contribution in [0.3, 0.4) is 0 Å². The molecule has 0 spiro atoms. The van der Waals surface area contributed by atoms with Crippen LogP contribution in [-0.4, -0.2) is 36.3 Å². The van der Waals surface area contributed by atoms with Gasteiger partial charge < -0.3 is 9.80 Å². The van der Waals surface area contributed by atoms with E-state index in [1.165, 1.54) is 0 Å². The van der Waals surface area contributed by atoms with Gasteiger partial charge in [-0.15, -0.1) is 0 Å². The normalized spacial score (nSPS) is 13.0. The average molecular weight is 286 g/mol. The molecule has 112 valence electrons. The maximum absolute atomic E-state index is 12.5. The Morgan fingerprint density at radius 3 is 2.62 bits per heavy atom. The van der Waals surface area contributed by atoms with E-state index in [9.17, 15) is 9.59 Å². The van der Waals surface area contributed by atoms with Crippen LogP contribution in [-0.2, 0) is 11.2 Å². The van der Waals surface area contributed by atoms with Crippen LogP contribution in [0.4, 0.5) is 5.69 Å². The number of carbonyl (C=O) groups excluding carboxylic acids is 2. The highest BCUT2D eigenvalue weighted by molar-refractivity contribution is 5.98. The van der Waals surface area contributed by atoms with Crippen molar-refractivity contribution in [3.8, 4) is 0 Å². The molecule has 1 aliphatic heterocycles. The van der Waals surface area contributed by atoms with Crippen LogP contribution in [0.15, 0.2) is 30.4 Å². The van der Waals surface area contributed by atoms with Gasteiger partial charge in [0.1, 0.15) is 0 Å². The fourth-order valence-corrected chi connectivity index (χ4v) is 2.70. The van der Waals surface area contributed by atoms with Gasteiger partial charge in [-0.1, -0.05) is 12.2 Å². The largest absolute Gasteiger partial charge is 0.335 e. The molecular formula is C17H22N2O2. The Hall–Kier alpha value is -2.10. The Bertz CT molecular complexity index is 592. The van der Waals surface area contributed by atoms with Crippen molar-refractivity contribution in [2.45, 2.75) is 27.2 Å². The number of hydrogen-bond acceptors (Lipinski definition) is 2. The molecule has 0 unspecified atom stereocenters. The Labute approximate surface area is 126 Å². The molecule has 0 N–H and O–H groups in total. The molecule has 1 aliphatic rings. The minimum absolute atomic E-state index is 0.0181. The lowest BCUT2D eigenvalue weighted by Gasteiger charge is -2.21. The summed E-state index contributed by atoms with van der Waals surface area (Å²) in [6, 6.07) is 5.61. The monoisotopic (exact) mass is 286 g/mol. The van der Waals surface area contributed by atoms with Crippen molar-refractivity contribution in [2.75, 3.05) is 24.5 Å². The first kappa shape index (κ1) is 15.3. The molecule has 0 fully saturated rings. The topological polar surface area (TPSA) is 40.6 Å². The minimum atomic E-state index is 0.0181. The van der Waals surface area contributed by atoms with Crippen molar-refractivity contribution in [1.82, 2.24) is 4.90 Å². The predicted molar refractivity (Wildman–Crippen MR) is 84.6 cm³/mol. The summed E-state index contributed by atoms with van der Waals surface area (Å²) in [5.74, 6) is 0.0647. The molecule has 1 aromatic rings. The standard InChI is InChI=1S/C17H22N2O2/c1-5-18(11-12(2)3)17(21)15-6-7-16-14(10-15)8-9-19(16)13(4)20/h6-7,10H,2,5,8-9,11H2,1,3-4H3. The zero-order valence-electron chi connectivity index (χ0n) is 13.0. The van der Waals surface area contributed by atoms with Gasteiger partial charge >= 0.3 is 0 Å². The SMILES string of the molecule is C=C(C)CN(CC)C(=O)c1ccc2c(c1)CCN2C(C)=O. The second kappa shape index (κ2) is 6.12. The number of hydrogen-bond donors (Lipinski definition) is 0. The molecule has 0 saturated carbocycles. The third-order valence-corrected chi connectivity index (χ3v) is 3.73. The summed E-state index contributed by atoms with van der Waals surface area (Å²) in [7, 11) is 0. The number of amides is 2. The summed E-state index contributed by atoms with van der Waals surface area (Å²) in [4.78, 5) is 27.6. The number of anilines is 1. The molecule has 4 nitrogen and oxygen atoms in total. The van der Waals surface area contributed by atoms with Gasteiger partial charge in [-0.2, -0.15) is 0 Å². The maximum Gasteiger partial charge on any atom is 0.254 e. The van der Waals surface area contributed by atoms with E-state index in [4.69, 9.17) is 0 Å². The molecule has 0 radical (unpaired) electrons. The Balaban J connectivity index is 2.25. The summed E-state index contributed by atoms with van der Waals surface area (Å²) in [6.07, 6.45) is 0.808. The molecule has 4 heteroatoms. The summed E-state index contributed by atoms with van der Waals surface area (Å²) in [5, 5.41) is 0. The molecule has 0 bridgehead atoms. The van der Waals surface area contributed by atoms with E-state index in [2.05, 4.69) is 6.58 Å². The first-order valence-electron chi connectivity index (χ1n) is 7.28. The fraction of sp³-hybridized carbons (Fsp3) is 0.412. The van der Waals surface area contributed by atoms with Gasteiger partial charge in [0.05, 0.1) is 0 Å². The zero-order chi connectivity index (χ0) is 15.6. The first-order valence-corrected chi connectivity index (χ1v) is 7.28. The summed E-state index contributed by atoms with van der Waals surface area (Å²) >= 11 is 0. The van der Waals surface area contributed by atoms with Crippen LogP contribution in [0, 0.1) is 0 Å². The van der Waals surface area contributed by atoms with E-state index in [1.54, 1.807) is 16.7 Å². The van der Waals surface area contributed by atoms with Crippen molar-refractivity contribution in [2.24, 2.45) is 0 Å². The van der Waals surface area contributed by atoms with Crippen molar-refractivity contribution < 1.29 is 9.59 Å². The predicted octanol–water partition coefficient (Wildman–Crippen LogP) is 2.63. The maximum atomic E-state index is 12.5. The van der Waals surface area contributed by atoms with E-state index in [0.717, 1.165) is 23.2 Å². The number of likely N-dealkylation sites (N-methyl/N-ethyl adjacent to an activating group) is 1. The lowest BCUT2D eigenvalue weighted by atomic mass is 10.1. The summed E-state index contributed by atoms with van der Waals surface area (Å²) < 4.78 is 0. The fourth-order valence-electron chi connectivity index (χ4n) is 2.70. The zero-order valence-corrected chi connectivity index (χ0v) is 13.0. The van der Waals surface area contributed by atoms with E-state index in [-0.39, 0.29) is 11.8 Å². The second-order valence-corrected chi connectivity index (χ2v) is 5.54.